The SMILES string of the molecule is C[C@H](c1ccccc1)N(CC(N)=O)C(=O)CC(O)c1ccccc1. The van der Waals surface area contributed by atoms with E-state index in [1.165, 1.54) is 4.90 Å². The fourth-order valence-corrected chi connectivity index (χ4v) is 2.60. The van der Waals surface area contributed by atoms with Gasteiger partial charge in [0.15, 0.2) is 0 Å². The lowest BCUT2D eigenvalue weighted by atomic mass is 10.0. The number of carbonyl (C=O) groups excluding carboxylic acids is 2. The summed E-state index contributed by atoms with van der Waals surface area (Å²) in [5.74, 6) is -0.901. The molecule has 0 aliphatic carbocycles. The van der Waals surface area contributed by atoms with E-state index in [-0.39, 0.29) is 24.9 Å². The molecule has 3 N–H and O–H groups in total. The molecule has 0 bridgehead atoms. The third-order valence-corrected chi connectivity index (χ3v) is 3.95. The van der Waals surface area contributed by atoms with Gasteiger partial charge in [0.1, 0.15) is 0 Å². The van der Waals surface area contributed by atoms with E-state index < -0.39 is 12.0 Å². The standard InChI is InChI=1S/C19H22N2O3/c1-14(15-8-4-2-5-9-15)21(13-18(20)23)19(24)12-17(22)16-10-6-3-7-11-16/h2-11,14,17,22H,12-13H2,1H3,(H2,20,23)/t14-,17?/m1/s1. The van der Waals surface area contributed by atoms with Crippen LogP contribution in [-0.4, -0.2) is 28.4 Å². The first-order valence-electron chi connectivity index (χ1n) is 7.84. The van der Waals surface area contributed by atoms with Crippen molar-refractivity contribution >= 4 is 11.8 Å². The maximum Gasteiger partial charge on any atom is 0.237 e. The number of hydrogen-bond donors (Lipinski definition) is 2. The number of rotatable bonds is 7. The van der Waals surface area contributed by atoms with E-state index in [0.29, 0.717) is 5.56 Å². The van der Waals surface area contributed by atoms with Crippen LogP contribution in [0.25, 0.3) is 0 Å². The molecule has 126 valence electrons. The summed E-state index contributed by atoms with van der Waals surface area (Å²) in [6.45, 7) is 1.65. The van der Waals surface area contributed by atoms with Gasteiger partial charge in [0, 0.05) is 0 Å². The van der Waals surface area contributed by atoms with Crippen molar-refractivity contribution in [2.75, 3.05) is 6.54 Å². The summed E-state index contributed by atoms with van der Waals surface area (Å²) < 4.78 is 0. The lowest BCUT2D eigenvalue weighted by Gasteiger charge is -2.29. The largest absolute Gasteiger partial charge is 0.388 e. The van der Waals surface area contributed by atoms with Crippen LogP contribution in [0.2, 0.25) is 0 Å². The van der Waals surface area contributed by atoms with Gasteiger partial charge in [-0.05, 0) is 18.1 Å². The smallest absolute Gasteiger partial charge is 0.237 e. The normalized spacial score (nSPS) is 13.1. The molecule has 0 heterocycles. The third-order valence-electron chi connectivity index (χ3n) is 3.95. The Morgan fingerprint density at radius 3 is 2.00 bits per heavy atom. The van der Waals surface area contributed by atoms with Crippen LogP contribution in [0.3, 0.4) is 0 Å². The van der Waals surface area contributed by atoms with Crippen LogP contribution in [0.4, 0.5) is 0 Å². The Labute approximate surface area is 141 Å². The number of primary amides is 1. The predicted molar refractivity (Wildman–Crippen MR) is 91.8 cm³/mol. The Balaban J connectivity index is 2.15. The molecule has 2 atom stereocenters. The maximum absolute atomic E-state index is 12.6. The molecule has 2 aromatic rings. The Kier molecular flexibility index (Phi) is 6.09. The highest BCUT2D eigenvalue weighted by molar-refractivity contribution is 5.84. The Bertz CT molecular complexity index is 674. The zero-order valence-corrected chi connectivity index (χ0v) is 13.6. The summed E-state index contributed by atoms with van der Waals surface area (Å²) in [7, 11) is 0. The molecule has 5 heteroatoms. The molecule has 0 aliphatic rings. The Morgan fingerprint density at radius 2 is 1.50 bits per heavy atom. The minimum Gasteiger partial charge on any atom is -0.388 e. The van der Waals surface area contributed by atoms with Crippen LogP contribution in [0.5, 0.6) is 0 Å². The number of hydrogen-bond acceptors (Lipinski definition) is 3. The first kappa shape index (κ1) is 17.7. The van der Waals surface area contributed by atoms with Crippen LogP contribution in [0, 0.1) is 0 Å². The van der Waals surface area contributed by atoms with E-state index in [4.69, 9.17) is 5.73 Å². The van der Waals surface area contributed by atoms with Gasteiger partial charge in [-0.15, -0.1) is 0 Å². The number of aliphatic hydroxyl groups is 1. The van der Waals surface area contributed by atoms with Crippen LogP contribution < -0.4 is 5.73 Å². The number of carbonyl (C=O) groups is 2. The zero-order valence-electron chi connectivity index (χ0n) is 13.6. The van der Waals surface area contributed by atoms with Crippen molar-refractivity contribution in [2.24, 2.45) is 5.73 Å². The number of aliphatic hydroxyl groups excluding tert-OH is 1. The fraction of sp³-hybridized carbons (Fsp3) is 0.263. The van der Waals surface area contributed by atoms with Gasteiger partial charge in [-0.1, -0.05) is 60.7 Å². The van der Waals surface area contributed by atoms with Crippen molar-refractivity contribution in [1.82, 2.24) is 4.90 Å². The predicted octanol–water partition coefficient (Wildman–Crippen LogP) is 2.19. The van der Waals surface area contributed by atoms with Crippen molar-refractivity contribution in [1.29, 1.82) is 0 Å². The molecule has 2 rings (SSSR count). The lowest BCUT2D eigenvalue weighted by molar-refractivity contribution is -0.139. The quantitative estimate of drug-likeness (QED) is 0.818. The van der Waals surface area contributed by atoms with Crippen molar-refractivity contribution < 1.29 is 14.7 Å². The lowest BCUT2D eigenvalue weighted by Crippen LogP contribution is -2.40. The van der Waals surface area contributed by atoms with E-state index in [1.807, 2.05) is 43.3 Å². The minimum atomic E-state index is -0.919. The van der Waals surface area contributed by atoms with Gasteiger partial charge in [-0.25, -0.2) is 0 Å². The van der Waals surface area contributed by atoms with Crippen LogP contribution in [-0.2, 0) is 9.59 Å². The molecule has 24 heavy (non-hydrogen) atoms. The molecule has 0 aromatic heterocycles. The highest BCUT2D eigenvalue weighted by Crippen LogP contribution is 2.23. The molecule has 0 saturated heterocycles. The number of nitrogens with zero attached hydrogens (tertiary/aromatic N) is 1. The van der Waals surface area contributed by atoms with Crippen molar-refractivity contribution in [3.8, 4) is 0 Å². The van der Waals surface area contributed by atoms with Gasteiger partial charge in [0.05, 0.1) is 25.1 Å². The summed E-state index contributed by atoms with van der Waals surface area (Å²) in [5, 5.41) is 10.3. The molecule has 0 spiro atoms. The summed E-state index contributed by atoms with van der Waals surface area (Å²) in [4.78, 5) is 25.4. The highest BCUT2D eigenvalue weighted by Gasteiger charge is 2.25. The van der Waals surface area contributed by atoms with Crippen molar-refractivity contribution in [3.63, 3.8) is 0 Å². The zero-order chi connectivity index (χ0) is 17.5. The highest BCUT2D eigenvalue weighted by atomic mass is 16.3. The second-order valence-electron chi connectivity index (χ2n) is 5.71. The monoisotopic (exact) mass is 326 g/mol. The van der Waals surface area contributed by atoms with Crippen LogP contribution in [0.15, 0.2) is 60.7 Å². The molecule has 0 saturated carbocycles. The third kappa shape index (κ3) is 4.67. The molecular weight excluding hydrogens is 304 g/mol. The second-order valence-corrected chi connectivity index (χ2v) is 5.71. The Hall–Kier alpha value is -2.66. The van der Waals surface area contributed by atoms with Gasteiger partial charge in [-0.3, -0.25) is 9.59 Å². The van der Waals surface area contributed by atoms with E-state index >= 15 is 0 Å². The molecule has 2 aromatic carbocycles. The van der Waals surface area contributed by atoms with Crippen molar-refractivity contribution in [2.45, 2.75) is 25.5 Å². The summed E-state index contributed by atoms with van der Waals surface area (Å²) in [6, 6.07) is 18.1. The van der Waals surface area contributed by atoms with E-state index in [9.17, 15) is 14.7 Å². The van der Waals surface area contributed by atoms with Gasteiger partial charge < -0.3 is 15.7 Å². The average molecular weight is 326 g/mol. The van der Waals surface area contributed by atoms with E-state index in [1.54, 1.807) is 24.3 Å². The summed E-state index contributed by atoms with van der Waals surface area (Å²) in [5.41, 5.74) is 6.86. The first-order valence-corrected chi connectivity index (χ1v) is 7.84. The number of benzene rings is 2. The molecule has 0 radical (unpaired) electrons. The average Bonchev–Trinajstić information content (AvgIpc) is 2.60. The van der Waals surface area contributed by atoms with Gasteiger partial charge in [0.2, 0.25) is 11.8 Å². The Morgan fingerprint density at radius 1 is 1.00 bits per heavy atom. The first-order chi connectivity index (χ1) is 11.5. The summed E-state index contributed by atoms with van der Waals surface area (Å²) in [6.07, 6.45) is -1.02. The fourth-order valence-electron chi connectivity index (χ4n) is 2.60. The van der Waals surface area contributed by atoms with E-state index in [0.717, 1.165) is 5.56 Å². The number of nitrogens with two attached hydrogens (primary N) is 1. The molecule has 0 fully saturated rings. The molecule has 2 amide bonds. The molecular formula is C19H22N2O3. The van der Waals surface area contributed by atoms with Gasteiger partial charge in [-0.2, -0.15) is 0 Å². The van der Waals surface area contributed by atoms with E-state index in [2.05, 4.69) is 0 Å². The van der Waals surface area contributed by atoms with Crippen LogP contribution >= 0.6 is 0 Å². The summed E-state index contributed by atoms with van der Waals surface area (Å²) >= 11 is 0. The topological polar surface area (TPSA) is 83.6 Å². The number of amides is 2. The van der Waals surface area contributed by atoms with Gasteiger partial charge in [0.25, 0.3) is 0 Å². The second kappa shape index (κ2) is 8.26. The molecule has 5 nitrogen and oxygen atoms in total. The molecule has 0 aliphatic heterocycles. The molecule has 1 unspecified atom stereocenters. The maximum atomic E-state index is 12.6. The van der Waals surface area contributed by atoms with Crippen LogP contribution in [0.1, 0.15) is 36.6 Å². The van der Waals surface area contributed by atoms with Crippen molar-refractivity contribution in [3.05, 3.63) is 71.8 Å². The van der Waals surface area contributed by atoms with Gasteiger partial charge >= 0.3 is 0 Å². The minimum absolute atomic E-state index is 0.103.